The van der Waals surface area contributed by atoms with Gasteiger partial charge in [0.25, 0.3) is 0 Å². The van der Waals surface area contributed by atoms with Gasteiger partial charge in [0.1, 0.15) is 0 Å². The Hall–Kier alpha value is 0.340. The highest BCUT2D eigenvalue weighted by molar-refractivity contribution is 6.51. The minimum Gasteiger partial charge on any atom is -0.374 e. The van der Waals surface area contributed by atoms with Crippen molar-refractivity contribution in [1.82, 2.24) is 0 Å². The van der Waals surface area contributed by atoms with Crippen molar-refractivity contribution in [3.8, 4) is 0 Å². The molecule has 1 unspecified atom stereocenters. The first-order valence-electron chi connectivity index (χ1n) is 3.40. The maximum Gasteiger partial charge on any atom is 0.182 e. The molecule has 5 heteroatoms. The Bertz CT molecular complexity index is 281. The van der Waals surface area contributed by atoms with Crippen molar-refractivity contribution in [2.45, 2.75) is 9.90 Å². The molecule has 0 saturated carbocycles. The van der Waals surface area contributed by atoms with Crippen LogP contribution >= 0.6 is 46.4 Å². The molecule has 1 atom stereocenters. The van der Waals surface area contributed by atoms with Crippen LogP contribution in [0.4, 0.5) is 0 Å². The fourth-order valence-electron chi connectivity index (χ4n) is 0.810. The molecule has 72 valence electrons. The van der Waals surface area contributed by atoms with Gasteiger partial charge in [0.2, 0.25) is 0 Å². The van der Waals surface area contributed by atoms with Crippen LogP contribution < -0.4 is 0 Å². The van der Waals surface area contributed by atoms with Gasteiger partial charge in [0, 0.05) is 5.02 Å². The van der Waals surface area contributed by atoms with Crippen molar-refractivity contribution >= 4 is 46.4 Å². The van der Waals surface area contributed by atoms with Crippen molar-refractivity contribution in [3.63, 3.8) is 0 Å². The molecule has 0 aliphatic carbocycles. The van der Waals surface area contributed by atoms with E-state index >= 15 is 0 Å². The quantitative estimate of drug-likeness (QED) is 0.806. The summed E-state index contributed by atoms with van der Waals surface area (Å²) in [5.74, 6) is 0. The van der Waals surface area contributed by atoms with Gasteiger partial charge in [0.05, 0.1) is 0 Å². The molecular weight excluding hydrogens is 254 g/mol. The van der Waals surface area contributed by atoms with Crippen LogP contribution in [0.2, 0.25) is 5.02 Å². The normalized spacial score (nSPS) is 14.2. The zero-order chi connectivity index (χ0) is 10.1. The van der Waals surface area contributed by atoms with Gasteiger partial charge in [-0.3, -0.25) is 0 Å². The predicted molar refractivity (Wildman–Crippen MR) is 56.7 cm³/mol. The summed E-state index contributed by atoms with van der Waals surface area (Å²) >= 11 is 22.6. The molecule has 1 rings (SSSR count). The maximum absolute atomic E-state index is 9.07. The second-order valence-electron chi connectivity index (χ2n) is 2.47. The van der Waals surface area contributed by atoms with Gasteiger partial charge in [-0.25, -0.2) is 0 Å². The first kappa shape index (κ1) is 11.4. The monoisotopic (exact) mass is 258 g/mol. The van der Waals surface area contributed by atoms with Gasteiger partial charge in [-0.15, -0.1) is 0 Å². The number of halogens is 4. The summed E-state index contributed by atoms with van der Waals surface area (Å²) in [6.45, 7) is 0. The Balaban J connectivity index is 3.01. The molecule has 0 spiro atoms. The van der Waals surface area contributed by atoms with E-state index in [-0.39, 0.29) is 0 Å². The summed E-state index contributed by atoms with van der Waals surface area (Å²) < 4.78 is -1.51. The molecular formula is C8H6Cl4O. The molecule has 0 saturated heterocycles. The Labute approximate surface area is 96.2 Å². The molecule has 1 N–H and O–H groups in total. The standard InChI is InChI=1S/C8H6Cl4O/c9-6-3-1-5(2-4-6)8(11,12)7(10)13/h1-4,7,13H. The van der Waals surface area contributed by atoms with E-state index in [0.717, 1.165) is 0 Å². The molecule has 0 fully saturated rings. The Kier molecular flexibility index (Phi) is 3.73. The van der Waals surface area contributed by atoms with Crippen LogP contribution in [0.1, 0.15) is 5.56 Å². The summed E-state index contributed by atoms with van der Waals surface area (Å²) in [6, 6.07) is 6.45. The van der Waals surface area contributed by atoms with Gasteiger partial charge < -0.3 is 5.11 Å². The summed E-state index contributed by atoms with van der Waals surface area (Å²) in [6.07, 6.45) is 0. The largest absolute Gasteiger partial charge is 0.374 e. The van der Waals surface area contributed by atoms with E-state index in [9.17, 15) is 0 Å². The number of hydrogen-bond acceptors (Lipinski definition) is 1. The Morgan fingerprint density at radius 1 is 1.15 bits per heavy atom. The highest BCUT2D eigenvalue weighted by Gasteiger charge is 2.34. The van der Waals surface area contributed by atoms with Crippen molar-refractivity contribution < 1.29 is 5.11 Å². The van der Waals surface area contributed by atoms with E-state index in [1.54, 1.807) is 24.3 Å². The molecule has 0 bridgehead atoms. The van der Waals surface area contributed by atoms with Gasteiger partial charge in [-0.1, -0.05) is 58.5 Å². The molecule has 0 aromatic heterocycles. The Morgan fingerprint density at radius 3 is 2.00 bits per heavy atom. The third-order valence-electron chi connectivity index (χ3n) is 1.53. The summed E-state index contributed by atoms with van der Waals surface area (Å²) in [4.78, 5) is 0. The van der Waals surface area contributed by atoms with E-state index in [1.165, 1.54) is 0 Å². The summed E-state index contributed by atoms with van der Waals surface area (Å²) in [5.41, 5.74) is -0.861. The molecule has 1 aromatic rings. The number of aliphatic hydroxyl groups excluding tert-OH is 1. The second kappa shape index (κ2) is 4.24. The van der Waals surface area contributed by atoms with E-state index < -0.39 is 9.90 Å². The van der Waals surface area contributed by atoms with Gasteiger partial charge in [0.15, 0.2) is 9.90 Å². The lowest BCUT2D eigenvalue weighted by atomic mass is 10.1. The van der Waals surface area contributed by atoms with E-state index in [0.29, 0.717) is 10.6 Å². The third kappa shape index (κ3) is 2.64. The molecule has 0 amide bonds. The molecule has 0 radical (unpaired) electrons. The highest BCUT2D eigenvalue weighted by Crippen LogP contribution is 2.39. The highest BCUT2D eigenvalue weighted by atomic mass is 35.5. The first-order chi connectivity index (χ1) is 5.94. The smallest absolute Gasteiger partial charge is 0.182 e. The molecule has 1 nitrogen and oxygen atoms in total. The minimum absolute atomic E-state index is 0.503. The van der Waals surface area contributed by atoms with E-state index in [4.69, 9.17) is 51.5 Å². The number of alkyl halides is 3. The number of aliphatic hydroxyl groups is 1. The van der Waals surface area contributed by atoms with Crippen molar-refractivity contribution in [3.05, 3.63) is 34.9 Å². The summed E-state index contributed by atoms with van der Waals surface area (Å²) in [7, 11) is 0. The Morgan fingerprint density at radius 2 is 1.62 bits per heavy atom. The van der Waals surface area contributed by atoms with Crippen molar-refractivity contribution in [1.29, 1.82) is 0 Å². The van der Waals surface area contributed by atoms with Crippen LogP contribution in [0.3, 0.4) is 0 Å². The van der Waals surface area contributed by atoms with Crippen LogP contribution in [-0.4, -0.2) is 10.7 Å². The number of benzene rings is 1. The maximum atomic E-state index is 9.07. The van der Waals surface area contributed by atoms with Crippen LogP contribution in [-0.2, 0) is 4.33 Å². The lowest BCUT2D eigenvalue weighted by Crippen LogP contribution is -2.23. The van der Waals surface area contributed by atoms with Crippen LogP contribution in [0.25, 0.3) is 0 Å². The zero-order valence-electron chi connectivity index (χ0n) is 6.35. The average molecular weight is 260 g/mol. The van der Waals surface area contributed by atoms with E-state index in [2.05, 4.69) is 0 Å². The third-order valence-corrected chi connectivity index (χ3v) is 3.18. The van der Waals surface area contributed by atoms with Crippen LogP contribution in [0, 0.1) is 0 Å². The SMILES string of the molecule is OC(Cl)C(Cl)(Cl)c1ccc(Cl)cc1. The van der Waals surface area contributed by atoms with Gasteiger partial charge >= 0.3 is 0 Å². The topological polar surface area (TPSA) is 20.2 Å². The second-order valence-corrected chi connectivity index (χ2v) is 4.70. The molecule has 1 aromatic carbocycles. The lowest BCUT2D eigenvalue weighted by Gasteiger charge is -2.21. The summed E-state index contributed by atoms with van der Waals surface area (Å²) in [5, 5.41) is 9.64. The predicted octanol–water partition coefficient (Wildman–Crippen LogP) is 3.53. The minimum atomic E-state index is -1.51. The van der Waals surface area contributed by atoms with Gasteiger partial charge in [-0.2, -0.15) is 0 Å². The fourth-order valence-corrected chi connectivity index (χ4v) is 1.31. The van der Waals surface area contributed by atoms with Crippen LogP contribution in [0.5, 0.6) is 0 Å². The first-order valence-corrected chi connectivity index (χ1v) is 4.97. The lowest BCUT2D eigenvalue weighted by molar-refractivity contribution is 0.237. The van der Waals surface area contributed by atoms with E-state index in [1.807, 2.05) is 0 Å². The fraction of sp³-hybridized carbons (Fsp3) is 0.250. The molecule has 0 heterocycles. The molecule has 0 aliphatic heterocycles. The van der Waals surface area contributed by atoms with Crippen molar-refractivity contribution in [2.24, 2.45) is 0 Å². The number of rotatable bonds is 2. The number of hydrogen-bond donors (Lipinski definition) is 1. The van der Waals surface area contributed by atoms with Gasteiger partial charge in [-0.05, 0) is 17.7 Å². The average Bonchev–Trinajstić information content (AvgIpc) is 2.04. The zero-order valence-corrected chi connectivity index (χ0v) is 9.37. The van der Waals surface area contributed by atoms with Crippen LogP contribution in [0.15, 0.2) is 24.3 Å². The molecule has 13 heavy (non-hydrogen) atoms. The van der Waals surface area contributed by atoms with Crippen molar-refractivity contribution in [2.75, 3.05) is 0 Å². The molecule has 0 aliphatic rings.